The minimum atomic E-state index is -0.930. The Hall–Kier alpha value is -9.37. The summed E-state index contributed by atoms with van der Waals surface area (Å²) in [5.41, 5.74) is 8.94. The Bertz CT molecular complexity index is 7780. The van der Waals surface area contributed by atoms with Gasteiger partial charge in [0.15, 0.2) is 0 Å². The molecular weight excluding hydrogens is 1000 g/mol. The number of hydrogen-bond donors (Lipinski definition) is 0. The van der Waals surface area contributed by atoms with E-state index in [-0.39, 0.29) is 0 Å². The zero-order chi connectivity index (χ0) is 50.0. The highest BCUT2D eigenvalue weighted by Crippen LogP contribution is 2.85. The predicted molar refractivity (Wildman–Crippen MR) is 347 cm³/mol. The molecule has 29 aromatic carbocycles. The van der Waals surface area contributed by atoms with Crippen LogP contribution in [0, 0.1) is 63.2 Å². The monoisotopic (exact) mass is 1020 g/mol. The van der Waals surface area contributed by atoms with E-state index in [0.717, 1.165) is 5.71 Å². The van der Waals surface area contributed by atoms with Gasteiger partial charge in [-0.2, -0.15) is 0 Å². The maximum atomic E-state index is 8.37. The molecule has 0 amide bonds. The first-order chi connectivity index (χ1) is 41.3. The lowest BCUT2D eigenvalue weighted by molar-refractivity contribution is -0.0122. The van der Waals surface area contributed by atoms with Gasteiger partial charge in [-0.15, -0.1) is 0 Å². The third kappa shape index (κ3) is 2.10. The van der Waals surface area contributed by atoms with E-state index in [4.69, 9.17) is 9.99 Å². The Kier molecular flexibility index (Phi) is 3.36. The minimum absolute atomic E-state index is 0.779. The van der Waals surface area contributed by atoms with Crippen molar-refractivity contribution in [3.8, 4) is 0 Å². The number of oxime groups is 1. The van der Waals surface area contributed by atoms with Gasteiger partial charge in [-0.1, -0.05) is 29.5 Å². The summed E-state index contributed by atoms with van der Waals surface area (Å²) in [6.45, 7) is 0. The van der Waals surface area contributed by atoms with Crippen LogP contribution in [0.1, 0.15) is 38.9 Å². The van der Waals surface area contributed by atoms with Crippen molar-refractivity contribution >= 4 is 309 Å². The SMILES string of the molecule is [CH]1[CH][CH][C](/C=C/c2cc(/C=C/[C]3[CH][CH][CH][CH]3)cc(C3=NOC45c6c7c8c9c%10c%11c(c%12c%13c4c4c6c6c%14c7c7c8c8c%10c%10c%15c%11c%11c%12c%12c%13c%13c4c4c6c6c%14c%14c7c7c8c%10c8c%10c%15c%11c%11c%12c%12c%13c4c4c6c6c%14c7c8c7c%10c%11c%12c4c67)C395)c2)[CH]1. The summed E-state index contributed by atoms with van der Waals surface area (Å²) in [5, 5.41) is 91.8. The highest BCUT2D eigenvalue weighted by atomic mass is 16.7. The van der Waals surface area contributed by atoms with Crippen LogP contribution in [0.5, 0.6) is 0 Å². The molecule has 0 saturated heterocycles. The first-order valence-corrected chi connectivity index (χ1v) is 30.3. The average molecular weight is 1020 g/mol. The largest absolute Gasteiger partial charge is 0.377 e. The maximum Gasteiger partial charge on any atom is 0.209 e. The molecule has 0 N–H and O–H groups in total. The van der Waals surface area contributed by atoms with Crippen LogP contribution >= 0.6 is 0 Å². The van der Waals surface area contributed by atoms with Gasteiger partial charge >= 0.3 is 0 Å². The van der Waals surface area contributed by atoms with Crippen molar-refractivity contribution in [1.29, 1.82) is 0 Å². The first-order valence-electron chi connectivity index (χ1n) is 30.3. The average Bonchev–Trinajstić information content (AvgIpc) is 1.39. The third-order valence-corrected chi connectivity index (χ3v) is 27.4. The fourth-order valence-electron chi connectivity index (χ4n) is 26.6. The van der Waals surface area contributed by atoms with Gasteiger partial charge in [-0.05, 0) is 383 Å². The summed E-state index contributed by atoms with van der Waals surface area (Å²) >= 11 is 0. The zero-order valence-electron chi connectivity index (χ0n) is 42.5. The van der Waals surface area contributed by atoms with Gasteiger partial charge in [-0.25, -0.2) is 0 Å². The Labute approximate surface area is 459 Å². The van der Waals surface area contributed by atoms with E-state index in [0.29, 0.717) is 0 Å². The van der Waals surface area contributed by atoms with Crippen molar-refractivity contribution in [2.45, 2.75) is 11.0 Å². The molecule has 1 aliphatic heterocycles. The zero-order valence-corrected chi connectivity index (χ0v) is 42.5. The molecule has 0 bridgehead atoms. The van der Waals surface area contributed by atoms with Gasteiger partial charge < -0.3 is 4.84 Å². The lowest BCUT2D eigenvalue weighted by Gasteiger charge is -2.47. The van der Waals surface area contributed by atoms with E-state index < -0.39 is 11.0 Å². The van der Waals surface area contributed by atoms with E-state index in [2.05, 4.69) is 93.9 Å². The van der Waals surface area contributed by atoms with Gasteiger partial charge in [0.1, 0.15) is 11.1 Å². The van der Waals surface area contributed by atoms with Crippen LogP contribution in [0.15, 0.2) is 35.5 Å². The molecule has 2 spiro atoms. The molecule has 36 rings (SSSR count). The normalized spacial score (nSPS) is 23.3. The lowest BCUT2D eigenvalue weighted by Crippen LogP contribution is -2.54. The topological polar surface area (TPSA) is 21.6 Å². The summed E-state index contributed by atoms with van der Waals surface area (Å²) in [6.07, 6.45) is 26.7. The summed E-state index contributed by atoms with van der Waals surface area (Å²) < 4.78 is 0. The standard InChI is InChI=1S/C81H15NO/c1-2-6-16(5-1)9-11-18-13-19(12-10-17-7-3-4-8-17)15-20(14-18)79-80-75-67-59-49-39-31-23-21-22-25-29-27(23)35-43-37(29)47-41-33(25)34-26(22)30-28-24(21)32(31)40-46-36(28)44-38(30)48-42(34)52-51(41)63-57(47)65-55(43)61(53(59)45(35)39)69(75)71(65)77-73(63)74-64(52)58(48)66-56(44)62-54(46)60(50(40)49)68(67)76(80)70(62)72(66)78(74)81(77,80)83-82-79/h1-15H/b11-9+,12-10+. The maximum absolute atomic E-state index is 8.37. The van der Waals surface area contributed by atoms with Crippen LogP contribution in [0.4, 0.5) is 0 Å². The fourth-order valence-corrected chi connectivity index (χ4v) is 26.6. The van der Waals surface area contributed by atoms with Gasteiger partial charge in [0.2, 0.25) is 5.60 Å². The molecule has 6 aliphatic carbocycles. The smallest absolute Gasteiger partial charge is 0.209 e. The summed E-state index contributed by atoms with van der Waals surface area (Å²) in [5.74, 6) is 2.43. The van der Waals surface area contributed by atoms with Gasteiger partial charge in [0.25, 0.3) is 0 Å². The van der Waals surface area contributed by atoms with E-state index >= 15 is 0 Å². The van der Waals surface area contributed by atoms with Crippen molar-refractivity contribution in [1.82, 2.24) is 0 Å². The van der Waals surface area contributed by atoms with Crippen molar-refractivity contribution in [3.63, 3.8) is 0 Å². The second-order valence-corrected chi connectivity index (χ2v) is 28.7. The molecule has 0 aromatic heterocycles. The number of nitrogens with zero attached hydrogens (tertiary/aromatic N) is 1. The highest BCUT2D eigenvalue weighted by Gasteiger charge is 2.76. The Morgan fingerprint density at radius 1 is 0.241 bits per heavy atom. The molecule has 0 unspecified atom stereocenters. The minimum Gasteiger partial charge on any atom is -0.377 e. The molecule has 350 valence electrons. The van der Waals surface area contributed by atoms with Gasteiger partial charge in [0, 0.05) is 28.5 Å². The van der Waals surface area contributed by atoms with Gasteiger partial charge in [-0.3, -0.25) is 0 Å². The Morgan fingerprint density at radius 2 is 0.458 bits per heavy atom. The van der Waals surface area contributed by atoms with Crippen LogP contribution in [0.25, 0.3) is 303 Å². The number of allylic oxidation sites excluding steroid dienone is 2. The predicted octanol–water partition coefficient (Wildman–Crippen LogP) is 20.5. The van der Waals surface area contributed by atoms with E-state index in [9.17, 15) is 0 Å². The second kappa shape index (κ2) is 8.32. The molecule has 83 heavy (non-hydrogen) atoms. The molecule has 2 nitrogen and oxygen atoms in total. The molecule has 2 saturated carbocycles. The van der Waals surface area contributed by atoms with E-state index in [1.165, 1.54) is 72.3 Å². The van der Waals surface area contributed by atoms with Crippen LogP contribution in [-0.2, 0) is 15.9 Å². The molecule has 7 aliphatic rings. The molecule has 2 fully saturated rings. The molecule has 2 heteroatoms. The van der Waals surface area contributed by atoms with Crippen molar-refractivity contribution in [3.05, 3.63) is 132 Å². The molecule has 0 atom stereocenters. The quantitative estimate of drug-likeness (QED) is 0.157. The second-order valence-electron chi connectivity index (χ2n) is 28.7. The van der Waals surface area contributed by atoms with Crippen LogP contribution in [0.2, 0.25) is 0 Å². The molecule has 1 heterocycles. The van der Waals surface area contributed by atoms with Gasteiger partial charge in [0.05, 0.1) is 0 Å². The number of rotatable bonds is 5. The Morgan fingerprint density at radius 3 is 0.699 bits per heavy atom. The van der Waals surface area contributed by atoms with Crippen molar-refractivity contribution in [2.24, 2.45) is 5.16 Å². The lowest BCUT2D eigenvalue weighted by atomic mass is 9.52. The van der Waals surface area contributed by atoms with Crippen LogP contribution in [0.3, 0.4) is 0 Å². The Balaban J connectivity index is 0.941. The molecule has 10 radical (unpaired) electrons. The number of benzene rings is 19. The highest BCUT2D eigenvalue weighted by molar-refractivity contribution is 6.82. The van der Waals surface area contributed by atoms with Crippen molar-refractivity contribution < 1.29 is 4.84 Å². The van der Waals surface area contributed by atoms with Crippen LogP contribution < -0.4 is 0 Å². The first kappa shape index (κ1) is 33.5. The summed E-state index contributed by atoms with van der Waals surface area (Å²) in [7, 11) is 0. The summed E-state index contributed by atoms with van der Waals surface area (Å²) in [4.78, 5) is 8.37. The van der Waals surface area contributed by atoms with Crippen molar-refractivity contribution in [2.75, 3.05) is 0 Å². The third-order valence-electron chi connectivity index (χ3n) is 27.4. The number of hydrogen-bond acceptors (Lipinski definition) is 2. The van der Waals surface area contributed by atoms with E-state index in [1.54, 1.807) is 269 Å². The molecular formula is C81H15NO. The van der Waals surface area contributed by atoms with Crippen LogP contribution in [-0.4, -0.2) is 5.71 Å². The van der Waals surface area contributed by atoms with E-state index in [1.807, 2.05) is 0 Å². The summed E-state index contributed by atoms with van der Waals surface area (Å²) in [6, 6.07) is 7.38. The fraction of sp³-hybridized carbons (Fsp3) is 0.0247. The molecule has 29 aromatic rings.